The molecule has 1 aliphatic carbocycles. The first-order valence-electron chi connectivity index (χ1n) is 5.49. The summed E-state index contributed by atoms with van der Waals surface area (Å²) in [5.74, 6) is -1.65. The number of benzene rings is 1. The highest BCUT2D eigenvalue weighted by atomic mass is 16.4. The van der Waals surface area contributed by atoms with Crippen LogP contribution >= 0.6 is 0 Å². The van der Waals surface area contributed by atoms with Gasteiger partial charge >= 0.3 is 5.97 Å². The molecule has 0 unspecified atom stereocenters. The Morgan fingerprint density at radius 2 is 1.88 bits per heavy atom. The van der Waals surface area contributed by atoms with Gasteiger partial charge in [0.05, 0.1) is 5.92 Å². The average Bonchev–Trinajstić information content (AvgIpc) is 3.08. The Kier molecular flexibility index (Phi) is 2.77. The van der Waals surface area contributed by atoms with Crippen LogP contribution in [0.3, 0.4) is 0 Å². The van der Waals surface area contributed by atoms with Crippen LogP contribution in [0.25, 0.3) is 0 Å². The van der Waals surface area contributed by atoms with Crippen LogP contribution in [-0.2, 0) is 11.2 Å². The first-order chi connectivity index (χ1) is 7.63. The molecule has 1 aliphatic rings. The summed E-state index contributed by atoms with van der Waals surface area (Å²) in [4.78, 5) is 22.5. The summed E-state index contributed by atoms with van der Waals surface area (Å²) in [5, 5.41) is 8.75. The van der Waals surface area contributed by atoms with Crippen LogP contribution < -0.4 is 0 Å². The number of carbonyl (C=O) groups excluding carboxylic acids is 1. The fourth-order valence-electron chi connectivity index (χ4n) is 1.88. The van der Waals surface area contributed by atoms with Gasteiger partial charge < -0.3 is 5.11 Å². The zero-order valence-electron chi connectivity index (χ0n) is 9.14. The van der Waals surface area contributed by atoms with Crippen LogP contribution in [0.4, 0.5) is 0 Å². The number of hydrogen-bond acceptors (Lipinski definition) is 2. The van der Waals surface area contributed by atoms with Crippen molar-refractivity contribution >= 4 is 11.8 Å². The quantitative estimate of drug-likeness (QED) is 0.788. The lowest BCUT2D eigenvalue weighted by Crippen LogP contribution is -2.08. The maximum Gasteiger partial charge on any atom is 0.307 e. The number of aryl methyl sites for hydroxylation is 1. The minimum atomic E-state index is -0.858. The number of aliphatic carboxylic acids is 1. The van der Waals surface area contributed by atoms with Gasteiger partial charge in [0.1, 0.15) is 0 Å². The molecule has 0 radical (unpaired) electrons. The van der Waals surface area contributed by atoms with Gasteiger partial charge in [-0.2, -0.15) is 0 Å². The highest BCUT2D eigenvalue weighted by Crippen LogP contribution is 2.41. The molecule has 0 bridgehead atoms. The van der Waals surface area contributed by atoms with Gasteiger partial charge in [-0.3, -0.25) is 9.59 Å². The molecule has 16 heavy (non-hydrogen) atoms. The van der Waals surface area contributed by atoms with Crippen molar-refractivity contribution < 1.29 is 14.7 Å². The lowest BCUT2D eigenvalue weighted by atomic mass is 10.0. The normalized spacial score (nSPS) is 22.8. The SMILES string of the molecule is CCc1ccc(C(=O)[C@@H]2C[C@@H]2C(=O)O)cc1. The summed E-state index contributed by atoms with van der Waals surface area (Å²) in [7, 11) is 0. The number of carboxylic acid groups (broad SMARTS) is 1. The molecule has 1 fully saturated rings. The van der Waals surface area contributed by atoms with Gasteiger partial charge in [0.15, 0.2) is 5.78 Å². The molecule has 1 N–H and O–H groups in total. The second-order valence-corrected chi connectivity index (χ2v) is 4.20. The molecule has 3 heteroatoms. The smallest absolute Gasteiger partial charge is 0.307 e. The van der Waals surface area contributed by atoms with E-state index in [1.165, 1.54) is 5.56 Å². The van der Waals surface area contributed by atoms with Crippen molar-refractivity contribution in [2.75, 3.05) is 0 Å². The lowest BCUT2D eigenvalue weighted by molar-refractivity contribution is -0.138. The molecule has 0 aromatic heterocycles. The monoisotopic (exact) mass is 218 g/mol. The van der Waals surface area contributed by atoms with Gasteiger partial charge in [0, 0.05) is 11.5 Å². The van der Waals surface area contributed by atoms with E-state index in [4.69, 9.17) is 5.11 Å². The Labute approximate surface area is 94.1 Å². The Bertz CT molecular complexity index is 419. The van der Waals surface area contributed by atoms with Crippen LogP contribution in [0.5, 0.6) is 0 Å². The minimum Gasteiger partial charge on any atom is -0.481 e. The van der Waals surface area contributed by atoms with Gasteiger partial charge in [-0.05, 0) is 18.4 Å². The second kappa shape index (κ2) is 4.08. The van der Waals surface area contributed by atoms with Crippen LogP contribution in [-0.4, -0.2) is 16.9 Å². The van der Waals surface area contributed by atoms with Crippen molar-refractivity contribution in [2.45, 2.75) is 19.8 Å². The first-order valence-corrected chi connectivity index (χ1v) is 5.49. The zero-order chi connectivity index (χ0) is 11.7. The van der Waals surface area contributed by atoms with E-state index in [1.807, 2.05) is 12.1 Å². The molecular formula is C13H14O3. The number of carboxylic acids is 1. The third-order valence-corrected chi connectivity index (χ3v) is 3.09. The average molecular weight is 218 g/mol. The van der Waals surface area contributed by atoms with E-state index >= 15 is 0 Å². The molecule has 2 atom stereocenters. The predicted octanol–water partition coefficient (Wildman–Crippen LogP) is 2.15. The van der Waals surface area contributed by atoms with Gasteiger partial charge in [-0.25, -0.2) is 0 Å². The molecule has 0 heterocycles. The van der Waals surface area contributed by atoms with Crippen molar-refractivity contribution in [3.8, 4) is 0 Å². The first kappa shape index (κ1) is 10.9. The van der Waals surface area contributed by atoms with E-state index < -0.39 is 11.9 Å². The Hall–Kier alpha value is -1.64. The van der Waals surface area contributed by atoms with Crippen molar-refractivity contribution in [1.29, 1.82) is 0 Å². The third-order valence-electron chi connectivity index (χ3n) is 3.09. The zero-order valence-corrected chi connectivity index (χ0v) is 9.14. The molecule has 1 aromatic carbocycles. The fraction of sp³-hybridized carbons (Fsp3) is 0.385. The van der Waals surface area contributed by atoms with E-state index in [0.29, 0.717) is 12.0 Å². The number of rotatable bonds is 4. The maximum absolute atomic E-state index is 11.9. The Balaban J connectivity index is 2.08. The standard InChI is InChI=1S/C13H14O3/c1-2-8-3-5-9(6-4-8)12(14)10-7-11(10)13(15)16/h3-6,10-11H,2,7H2,1H3,(H,15,16)/t10-,11+/m1/s1. The highest BCUT2D eigenvalue weighted by molar-refractivity contribution is 6.02. The molecule has 0 aliphatic heterocycles. The van der Waals surface area contributed by atoms with Gasteiger partial charge in [-0.1, -0.05) is 31.2 Å². The van der Waals surface area contributed by atoms with Gasteiger partial charge in [-0.15, -0.1) is 0 Å². The molecule has 0 saturated heterocycles. The summed E-state index contributed by atoms with van der Waals surface area (Å²) < 4.78 is 0. The molecule has 0 spiro atoms. The molecule has 1 aromatic rings. The third kappa shape index (κ3) is 1.98. The predicted molar refractivity (Wildman–Crippen MR) is 59.4 cm³/mol. The number of hydrogen-bond donors (Lipinski definition) is 1. The van der Waals surface area contributed by atoms with Crippen LogP contribution in [0.2, 0.25) is 0 Å². The summed E-state index contributed by atoms with van der Waals surface area (Å²) in [5.41, 5.74) is 1.81. The fourth-order valence-corrected chi connectivity index (χ4v) is 1.88. The Morgan fingerprint density at radius 3 is 2.31 bits per heavy atom. The van der Waals surface area contributed by atoms with Crippen LogP contribution in [0.15, 0.2) is 24.3 Å². The second-order valence-electron chi connectivity index (χ2n) is 4.20. The van der Waals surface area contributed by atoms with Crippen molar-refractivity contribution in [3.63, 3.8) is 0 Å². The van der Waals surface area contributed by atoms with Crippen LogP contribution in [0, 0.1) is 11.8 Å². The van der Waals surface area contributed by atoms with E-state index in [1.54, 1.807) is 12.1 Å². The van der Waals surface area contributed by atoms with E-state index in [2.05, 4.69) is 6.92 Å². The summed E-state index contributed by atoms with van der Waals surface area (Å²) >= 11 is 0. The van der Waals surface area contributed by atoms with E-state index in [-0.39, 0.29) is 11.7 Å². The topological polar surface area (TPSA) is 54.4 Å². The van der Waals surface area contributed by atoms with Gasteiger partial charge in [0.2, 0.25) is 0 Å². The molecular weight excluding hydrogens is 204 g/mol. The molecule has 1 saturated carbocycles. The number of carbonyl (C=O) groups is 2. The largest absolute Gasteiger partial charge is 0.481 e. The number of ketones is 1. The summed E-state index contributed by atoms with van der Waals surface area (Å²) in [6, 6.07) is 7.42. The molecule has 84 valence electrons. The molecule has 0 amide bonds. The van der Waals surface area contributed by atoms with Crippen molar-refractivity contribution in [2.24, 2.45) is 11.8 Å². The van der Waals surface area contributed by atoms with Crippen molar-refractivity contribution in [3.05, 3.63) is 35.4 Å². The van der Waals surface area contributed by atoms with E-state index in [0.717, 1.165) is 6.42 Å². The number of Topliss-reactive ketones (excluding diaryl/α,β-unsaturated/α-hetero) is 1. The maximum atomic E-state index is 11.9. The lowest BCUT2D eigenvalue weighted by Gasteiger charge is -2.01. The van der Waals surface area contributed by atoms with Gasteiger partial charge in [0.25, 0.3) is 0 Å². The summed E-state index contributed by atoms with van der Waals surface area (Å²) in [6.07, 6.45) is 1.43. The summed E-state index contributed by atoms with van der Waals surface area (Å²) in [6.45, 7) is 2.05. The van der Waals surface area contributed by atoms with Crippen molar-refractivity contribution in [1.82, 2.24) is 0 Å². The van der Waals surface area contributed by atoms with Crippen LogP contribution in [0.1, 0.15) is 29.3 Å². The molecule has 2 rings (SSSR count). The Morgan fingerprint density at radius 1 is 1.25 bits per heavy atom. The molecule has 3 nitrogen and oxygen atoms in total. The highest BCUT2D eigenvalue weighted by Gasteiger charge is 2.48. The van der Waals surface area contributed by atoms with E-state index in [9.17, 15) is 9.59 Å². The minimum absolute atomic E-state index is 0.0324.